The molecule has 0 saturated carbocycles. The first kappa shape index (κ1) is 16.1. The highest BCUT2D eigenvalue weighted by Crippen LogP contribution is 2.19. The van der Waals surface area contributed by atoms with Crippen LogP contribution in [0.5, 0.6) is 5.75 Å². The molecule has 0 radical (unpaired) electrons. The van der Waals surface area contributed by atoms with E-state index >= 15 is 0 Å². The molecule has 1 N–H and O–H groups in total. The Hall–Kier alpha value is -2.82. The maximum Gasteiger partial charge on any atom is 0.258 e. The summed E-state index contributed by atoms with van der Waals surface area (Å²) in [6.45, 7) is 3.08. The van der Waals surface area contributed by atoms with E-state index in [2.05, 4.69) is 28.9 Å². The number of amides is 1. The van der Waals surface area contributed by atoms with Crippen LogP contribution in [-0.4, -0.2) is 17.1 Å². The van der Waals surface area contributed by atoms with Gasteiger partial charge in [0.15, 0.2) is 18.2 Å². The minimum absolute atomic E-state index is 0.0790. The molecule has 1 heterocycles. The zero-order valence-corrected chi connectivity index (χ0v) is 13.5. The molecule has 0 bridgehead atoms. The van der Waals surface area contributed by atoms with Crippen molar-refractivity contribution in [3.8, 4) is 5.75 Å². The zero-order valence-electron chi connectivity index (χ0n) is 13.5. The number of nitrogens with zero attached hydrogens (tertiary/aromatic N) is 1. The molecular formula is C19H19FN2O2. The molecule has 0 aliphatic heterocycles. The van der Waals surface area contributed by atoms with Crippen LogP contribution in [0.15, 0.2) is 54.6 Å². The molecule has 0 aliphatic rings. The van der Waals surface area contributed by atoms with Crippen LogP contribution in [0.3, 0.4) is 0 Å². The lowest BCUT2D eigenvalue weighted by molar-refractivity contribution is -0.123. The van der Waals surface area contributed by atoms with Gasteiger partial charge in [-0.1, -0.05) is 30.3 Å². The highest BCUT2D eigenvalue weighted by Gasteiger charge is 2.10. The molecule has 0 aliphatic carbocycles. The van der Waals surface area contributed by atoms with E-state index in [1.807, 2.05) is 18.2 Å². The molecule has 0 unspecified atom stereocenters. The van der Waals surface area contributed by atoms with Crippen LogP contribution in [0.2, 0.25) is 0 Å². The summed E-state index contributed by atoms with van der Waals surface area (Å²) in [5.74, 6) is -0.683. The van der Waals surface area contributed by atoms with Crippen LogP contribution in [-0.2, 0) is 17.9 Å². The van der Waals surface area contributed by atoms with Crippen molar-refractivity contribution in [2.75, 3.05) is 6.61 Å². The lowest BCUT2D eigenvalue weighted by Crippen LogP contribution is -2.29. The highest BCUT2D eigenvalue weighted by atomic mass is 19.1. The summed E-state index contributed by atoms with van der Waals surface area (Å²) >= 11 is 0. The Morgan fingerprint density at radius 3 is 2.71 bits per heavy atom. The number of aromatic nitrogens is 1. The summed E-state index contributed by atoms with van der Waals surface area (Å²) in [6, 6.07) is 16.2. The van der Waals surface area contributed by atoms with Crippen LogP contribution in [0, 0.1) is 5.82 Å². The topological polar surface area (TPSA) is 43.3 Å². The zero-order chi connectivity index (χ0) is 16.9. The number of fused-ring (bicyclic) bond motifs is 1. The van der Waals surface area contributed by atoms with Gasteiger partial charge in [-0.15, -0.1) is 0 Å². The van der Waals surface area contributed by atoms with Gasteiger partial charge in [-0.05, 0) is 36.6 Å². The highest BCUT2D eigenvalue weighted by molar-refractivity contribution is 5.82. The Kier molecular flexibility index (Phi) is 4.79. The number of carbonyl (C=O) groups is 1. The number of para-hydroxylation sites is 2. The van der Waals surface area contributed by atoms with Crippen LogP contribution in [0.1, 0.15) is 12.6 Å². The lowest BCUT2D eigenvalue weighted by atomic mass is 10.2. The molecule has 2 aromatic carbocycles. The monoisotopic (exact) mass is 326 g/mol. The third kappa shape index (κ3) is 3.40. The average Bonchev–Trinajstić information content (AvgIpc) is 2.96. The standard InChI is InChI=1S/C19H19FN2O2/c1-2-22-15(11-14-7-3-5-9-17(14)22)12-21-19(23)13-24-18-10-6-4-8-16(18)20/h3-11H,2,12-13H2,1H3,(H,21,23). The molecule has 5 heteroatoms. The number of benzene rings is 2. The molecule has 1 amide bonds. The fourth-order valence-electron chi connectivity index (χ4n) is 2.73. The Balaban J connectivity index is 1.61. The largest absolute Gasteiger partial charge is 0.481 e. The summed E-state index contributed by atoms with van der Waals surface area (Å²) in [7, 11) is 0. The number of nitrogens with one attached hydrogen (secondary N) is 1. The van der Waals surface area contributed by atoms with Crippen molar-refractivity contribution in [2.24, 2.45) is 0 Å². The molecule has 3 rings (SSSR count). The fraction of sp³-hybridized carbons (Fsp3) is 0.211. The van der Waals surface area contributed by atoms with Gasteiger partial charge in [0.25, 0.3) is 5.91 Å². The first-order valence-electron chi connectivity index (χ1n) is 7.90. The number of hydrogen-bond acceptors (Lipinski definition) is 2. The van der Waals surface area contributed by atoms with Crippen molar-refractivity contribution < 1.29 is 13.9 Å². The van der Waals surface area contributed by atoms with E-state index in [0.29, 0.717) is 6.54 Å². The lowest BCUT2D eigenvalue weighted by Gasteiger charge is -2.10. The van der Waals surface area contributed by atoms with E-state index in [4.69, 9.17) is 4.74 Å². The van der Waals surface area contributed by atoms with Gasteiger partial charge in [0, 0.05) is 17.8 Å². The van der Waals surface area contributed by atoms with Gasteiger partial charge in [-0.3, -0.25) is 4.79 Å². The predicted molar refractivity (Wildman–Crippen MR) is 91.4 cm³/mol. The van der Waals surface area contributed by atoms with Gasteiger partial charge in [0.1, 0.15) is 0 Å². The summed E-state index contributed by atoms with van der Waals surface area (Å²) in [4.78, 5) is 11.9. The van der Waals surface area contributed by atoms with Gasteiger partial charge in [0.2, 0.25) is 0 Å². The Labute approximate surface area is 139 Å². The van der Waals surface area contributed by atoms with Crippen LogP contribution >= 0.6 is 0 Å². The maximum atomic E-state index is 13.4. The number of hydrogen-bond donors (Lipinski definition) is 1. The second-order valence-corrected chi connectivity index (χ2v) is 5.43. The van der Waals surface area contributed by atoms with E-state index in [1.165, 1.54) is 12.1 Å². The van der Waals surface area contributed by atoms with E-state index in [1.54, 1.807) is 12.1 Å². The molecule has 4 nitrogen and oxygen atoms in total. The second-order valence-electron chi connectivity index (χ2n) is 5.43. The third-order valence-electron chi connectivity index (χ3n) is 3.87. The summed E-state index contributed by atoms with van der Waals surface area (Å²) in [5, 5.41) is 3.96. The number of halogens is 1. The first-order chi connectivity index (χ1) is 11.7. The van der Waals surface area contributed by atoms with Crippen LogP contribution in [0.25, 0.3) is 10.9 Å². The molecule has 3 aromatic rings. The summed E-state index contributed by atoms with van der Waals surface area (Å²) in [5.41, 5.74) is 2.17. The Morgan fingerprint density at radius 2 is 1.92 bits per heavy atom. The van der Waals surface area contributed by atoms with Gasteiger partial charge in [0.05, 0.1) is 6.54 Å². The molecule has 0 fully saturated rings. The SMILES string of the molecule is CCn1c(CNC(=O)COc2ccccc2F)cc2ccccc21. The fourth-order valence-corrected chi connectivity index (χ4v) is 2.73. The molecule has 1 aromatic heterocycles. The van der Waals surface area contributed by atoms with E-state index < -0.39 is 5.82 Å². The van der Waals surface area contributed by atoms with E-state index in [-0.39, 0.29) is 18.3 Å². The minimum atomic E-state index is -0.476. The van der Waals surface area contributed by atoms with E-state index in [0.717, 1.165) is 23.1 Å². The molecule has 124 valence electrons. The van der Waals surface area contributed by atoms with Gasteiger partial charge < -0.3 is 14.6 Å². The van der Waals surface area contributed by atoms with E-state index in [9.17, 15) is 9.18 Å². The molecular weight excluding hydrogens is 307 g/mol. The van der Waals surface area contributed by atoms with Crippen molar-refractivity contribution in [1.29, 1.82) is 0 Å². The quantitative estimate of drug-likeness (QED) is 0.753. The minimum Gasteiger partial charge on any atom is -0.481 e. The number of rotatable bonds is 6. The van der Waals surface area contributed by atoms with Crippen LogP contribution in [0.4, 0.5) is 4.39 Å². The van der Waals surface area contributed by atoms with Gasteiger partial charge in [-0.2, -0.15) is 0 Å². The van der Waals surface area contributed by atoms with Crippen molar-refractivity contribution in [3.63, 3.8) is 0 Å². The number of ether oxygens (including phenoxy) is 1. The average molecular weight is 326 g/mol. The Bertz CT molecular complexity index is 857. The Morgan fingerprint density at radius 1 is 1.17 bits per heavy atom. The predicted octanol–water partition coefficient (Wildman–Crippen LogP) is 3.50. The van der Waals surface area contributed by atoms with Gasteiger partial charge >= 0.3 is 0 Å². The molecule has 0 spiro atoms. The second kappa shape index (κ2) is 7.17. The van der Waals surface area contributed by atoms with Gasteiger partial charge in [-0.25, -0.2) is 4.39 Å². The van der Waals surface area contributed by atoms with Crippen LogP contribution < -0.4 is 10.1 Å². The molecule has 24 heavy (non-hydrogen) atoms. The van der Waals surface area contributed by atoms with Crippen molar-refractivity contribution in [1.82, 2.24) is 9.88 Å². The number of aryl methyl sites for hydroxylation is 1. The maximum absolute atomic E-state index is 13.4. The summed E-state index contributed by atoms with van der Waals surface area (Å²) in [6.07, 6.45) is 0. The third-order valence-corrected chi connectivity index (χ3v) is 3.87. The first-order valence-corrected chi connectivity index (χ1v) is 7.90. The number of carbonyl (C=O) groups excluding carboxylic acids is 1. The van der Waals surface area contributed by atoms with Crippen molar-refractivity contribution in [3.05, 3.63) is 66.1 Å². The normalized spacial score (nSPS) is 10.8. The molecule has 0 saturated heterocycles. The van der Waals surface area contributed by atoms with Crippen molar-refractivity contribution >= 4 is 16.8 Å². The molecule has 0 atom stereocenters. The summed E-state index contributed by atoms with van der Waals surface area (Å²) < 4.78 is 20.8. The smallest absolute Gasteiger partial charge is 0.258 e. The van der Waals surface area contributed by atoms with Crippen molar-refractivity contribution in [2.45, 2.75) is 20.0 Å².